The van der Waals surface area contributed by atoms with Gasteiger partial charge in [0.25, 0.3) is 0 Å². The SMILES string of the molecule is CC/N=C/c1ccc(O)cc1. The Morgan fingerprint density at radius 1 is 1.36 bits per heavy atom. The van der Waals surface area contributed by atoms with Gasteiger partial charge in [-0.3, -0.25) is 4.99 Å². The number of aromatic hydroxyl groups is 1. The molecule has 58 valence electrons. The van der Waals surface area contributed by atoms with Crippen molar-refractivity contribution < 1.29 is 5.11 Å². The van der Waals surface area contributed by atoms with Crippen molar-refractivity contribution >= 4 is 6.21 Å². The molecule has 1 aromatic carbocycles. The minimum absolute atomic E-state index is 0.290. The van der Waals surface area contributed by atoms with E-state index in [1.54, 1.807) is 18.3 Å². The monoisotopic (exact) mass is 149 g/mol. The highest BCUT2D eigenvalue weighted by Crippen LogP contribution is 2.07. The molecule has 0 saturated heterocycles. The lowest BCUT2D eigenvalue weighted by atomic mass is 10.2. The molecule has 0 heterocycles. The van der Waals surface area contributed by atoms with Crippen LogP contribution in [0.25, 0.3) is 0 Å². The molecule has 0 bridgehead atoms. The highest BCUT2D eigenvalue weighted by molar-refractivity contribution is 5.79. The second-order valence-electron chi connectivity index (χ2n) is 2.22. The van der Waals surface area contributed by atoms with Gasteiger partial charge < -0.3 is 5.11 Å². The van der Waals surface area contributed by atoms with E-state index in [9.17, 15) is 0 Å². The fourth-order valence-electron chi connectivity index (χ4n) is 0.757. The van der Waals surface area contributed by atoms with Crippen LogP contribution in [0.2, 0.25) is 0 Å². The Bertz CT molecular complexity index is 238. The summed E-state index contributed by atoms with van der Waals surface area (Å²) in [6, 6.07) is 6.96. The third kappa shape index (κ3) is 2.42. The standard InChI is InChI=1S/C9H11NO/c1-2-10-7-8-3-5-9(11)6-4-8/h3-7,11H,2H2,1H3/b10-7+. The van der Waals surface area contributed by atoms with E-state index in [2.05, 4.69) is 4.99 Å². The van der Waals surface area contributed by atoms with Crippen LogP contribution in [0.3, 0.4) is 0 Å². The van der Waals surface area contributed by atoms with Crippen LogP contribution in [-0.2, 0) is 0 Å². The Balaban J connectivity index is 2.73. The summed E-state index contributed by atoms with van der Waals surface area (Å²) in [5, 5.41) is 8.94. The summed E-state index contributed by atoms with van der Waals surface area (Å²) >= 11 is 0. The summed E-state index contributed by atoms with van der Waals surface area (Å²) in [7, 11) is 0. The van der Waals surface area contributed by atoms with Gasteiger partial charge in [-0.2, -0.15) is 0 Å². The Kier molecular flexibility index (Phi) is 2.66. The molecule has 0 spiro atoms. The molecule has 0 amide bonds. The molecule has 0 aliphatic heterocycles. The molecular weight excluding hydrogens is 138 g/mol. The molecule has 1 N–H and O–H groups in total. The summed E-state index contributed by atoms with van der Waals surface area (Å²) in [4.78, 5) is 4.07. The molecule has 0 aliphatic rings. The lowest BCUT2D eigenvalue weighted by molar-refractivity contribution is 0.475. The van der Waals surface area contributed by atoms with Gasteiger partial charge in [-0.15, -0.1) is 0 Å². The first-order valence-corrected chi connectivity index (χ1v) is 3.62. The molecule has 2 heteroatoms. The summed E-state index contributed by atoms with van der Waals surface area (Å²) in [6.45, 7) is 2.78. The van der Waals surface area contributed by atoms with Crippen LogP contribution in [0.15, 0.2) is 29.3 Å². The fourth-order valence-corrected chi connectivity index (χ4v) is 0.757. The zero-order valence-corrected chi connectivity index (χ0v) is 6.49. The Morgan fingerprint density at radius 2 is 2.00 bits per heavy atom. The number of rotatable bonds is 2. The predicted octanol–water partition coefficient (Wildman–Crippen LogP) is 1.83. The number of hydrogen-bond acceptors (Lipinski definition) is 2. The van der Waals surface area contributed by atoms with E-state index in [0.717, 1.165) is 12.1 Å². The van der Waals surface area contributed by atoms with Crippen LogP contribution in [0.5, 0.6) is 5.75 Å². The molecule has 0 radical (unpaired) electrons. The molecule has 0 atom stereocenters. The maximum atomic E-state index is 8.94. The van der Waals surface area contributed by atoms with E-state index in [1.165, 1.54) is 0 Å². The Morgan fingerprint density at radius 3 is 2.55 bits per heavy atom. The zero-order chi connectivity index (χ0) is 8.10. The predicted molar refractivity (Wildman–Crippen MR) is 46.2 cm³/mol. The van der Waals surface area contributed by atoms with Crippen LogP contribution in [-0.4, -0.2) is 17.9 Å². The van der Waals surface area contributed by atoms with Crippen molar-refractivity contribution in [1.82, 2.24) is 0 Å². The van der Waals surface area contributed by atoms with E-state index in [4.69, 9.17) is 5.11 Å². The van der Waals surface area contributed by atoms with E-state index < -0.39 is 0 Å². The van der Waals surface area contributed by atoms with Crippen molar-refractivity contribution in [3.05, 3.63) is 29.8 Å². The molecule has 0 saturated carbocycles. The van der Waals surface area contributed by atoms with Crippen molar-refractivity contribution in [2.75, 3.05) is 6.54 Å². The van der Waals surface area contributed by atoms with Crippen LogP contribution in [0.1, 0.15) is 12.5 Å². The molecule has 11 heavy (non-hydrogen) atoms. The first kappa shape index (κ1) is 7.79. The molecule has 1 aromatic rings. The molecular formula is C9H11NO. The highest BCUT2D eigenvalue weighted by Gasteiger charge is 1.86. The van der Waals surface area contributed by atoms with E-state index in [1.807, 2.05) is 19.1 Å². The highest BCUT2D eigenvalue weighted by atomic mass is 16.3. The smallest absolute Gasteiger partial charge is 0.115 e. The van der Waals surface area contributed by atoms with Gasteiger partial charge in [-0.05, 0) is 36.8 Å². The second kappa shape index (κ2) is 3.76. The number of aliphatic imine (C=N–C) groups is 1. The van der Waals surface area contributed by atoms with Crippen LogP contribution < -0.4 is 0 Å². The van der Waals surface area contributed by atoms with Gasteiger partial charge in [0.15, 0.2) is 0 Å². The Labute approximate surface area is 66.2 Å². The van der Waals surface area contributed by atoms with Gasteiger partial charge in [0.1, 0.15) is 5.75 Å². The van der Waals surface area contributed by atoms with Gasteiger partial charge in [-0.1, -0.05) is 0 Å². The molecule has 0 aliphatic carbocycles. The molecule has 0 unspecified atom stereocenters. The number of benzene rings is 1. The lowest BCUT2D eigenvalue weighted by Crippen LogP contribution is -1.79. The number of nitrogens with zero attached hydrogens (tertiary/aromatic N) is 1. The van der Waals surface area contributed by atoms with Gasteiger partial charge in [-0.25, -0.2) is 0 Å². The number of phenols is 1. The van der Waals surface area contributed by atoms with Crippen molar-refractivity contribution in [3.8, 4) is 5.75 Å². The molecule has 0 aromatic heterocycles. The normalized spacial score (nSPS) is 10.6. The van der Waals surface area contributed by atoms with Crippen molar-refractivity contribution in [3.63, 3.8) is 0 Å². The maximum absolute atomic E-state index is 8.94. The maximum Gasteiger partial charge on any atom is 0.115 e. The minimum atomic E-state index is 0.290. The zero-order valence-electron chi connectivity index (χ0n) is 6.49. The van der Waals surface area contributed by atoms with Gasteiger partial charge in [0.2, 0.25) is 0 Å². The molecule has 0 fully saturated rings. The van der Waals surface area contributed by atoms with Crippen LogP contribution in [0, 0.1) is 0 Å². The van der Waals surface area contributed by atoms with Crippen molar-refractivity contribution in [1.29, 1.82) is 0 Å². The van der Waals surface area contributed by atoms with E-state index in [-0.39, 0.29) is 0 Å². The minimum Gasteiger partial charge on any atom is -0.508 e. The van der Waals surface area contributed by atoms with Crippen molar-refractivity contribution in [2.24, 2.45) is 4.99 Å². The third-order valence-electron chi connectivity index (χ3n) is 1.32. The average molecular weight is 149 g/mol. The van der Waals surface area contributed by atoms with Gasteiger partial charge >= 0.3 is 0 Å². The summed E-state index contributed by atoms with van der Waals surface area (Å²) in [5.41, 5.74) is 1.02. The molecule has 1 rings (SSSR count). The van der Waals surface area contributed by atoms with E-state index >= 15 is 0 Å². The third-order valence-corrected chi connectivity index (χ3v) is 1.32. The first-order chi connectivity index (χ1) is 5.33. The van der Waals surface area contributed by atoms with E-state index in [0.29, 0.717) is 5.75 Å². The quantitative estimate of drug-likeness (QED) is 0.639. The second-order valence-corrected chi connectivity index (χ2v) is 2.22. The number of phenolic OH excluding ortho intramolecular Hbond substituents is 1. The van der Waals surface area contributed by atoms with Gasteiger partial charge in [0, 0.05) is 12.8 Å². The average Bonchev–Trinajstić information content (AvgIpc) is 2.04. The Hall–Kier alpha value is -1.31. The summed E-state index contributed by atoms with van der Waals surface area (Å²) < 4.78 is 0. The first-order valence-electron chi connectivity index (χ1n) is 3.62. The lowest BCUT2D eigenvalue weighted by Gasteiger charge is -1.92. The summed E-state index contributed by atoms with van der Waals surface area (Å²) in [5.74, 6) is 0.290. The largest absolute Gasteiger partial charge is 0.508 e. The topological polar surface area (TPSA) is 32.6 Å². The number of hydrogen-bond donors (Lipinski definition) is 1. The molecule has 2 nitrogen and oxygen atoms in total. The fraction of sp³-hybridized carbons (Fsp3) is 0.222. The summed E-state index contributed by atoms with van der Waals surface area (Å²) in [6.07, 6.45) is 1.79. The van der Waals surface area contributed by atoms with Gasteiger partial charge in [0.05, 0.1) is 0 Å². The van der Waals surface area contributed by atoms with Crippen molar-refractivity contribution in [2.45, 2.75) is 6.92 Å². The van der Waals surface area contributed by atoms with Crippen LogP contribution >= 0.6 is 0 Å². The van der Waals surface area contributed by atoms with Crippen LogP contribution in [0.4, 0.5) is 0 Å².